The third-order valence-electron chi connectivity index (χ3n) is 2.53. The third kappa shape index (κ3) is 1.83. The number of nitrogens with zero attached hydrogens (tertiary/aromatic N) is 3. The molecule has 1 heterocycles. The minimum Gasteiger partial charge on any atom is -0.252 e. The summed E-state index contributed by atoms with van der Waals surface area (Å²) in [6, 6.07) is 6.33. The largest absolute Gasteiger partial charge is 0.252 e. The minimum atomic E-state index is -0.237. The molecule has 0 bridgehead atoms. The molecule has 0 aliphatic heterocycles. The molecular weight excluding hydrogens is 205 g/mol. The van der Waals surface area contributed by atoms with Crippen LogP contribution in [0.3, 0.4) is 0 Å². The molecule has 0 saturated heterocycles. The second kappa shape index (κ2) is 4.04. The van der Waals surface area contributed by atoms with E-state index in [4.69, 9.17) is 0 Å². The van der Waals surface area contributed by atoms with Gasteiger partial charge in [-0.3, -0.25) is 4.68 Å². The molecule has 2 rings (SSSR count). The van der Waals surface area contributed by atoms with Gasteiger partial charge in [-0.2, -0.15) is 0 Å². The Labute approximate surface area is 93.9 Å². The van der Waals surface area contributed by atoms with Gasteiger partial charge in [0.25, 0.3) is 0 Å². The molecule has 0 aliphatic rings. The van der Waals surface area contributed by atoms with E-state index < -0.39 is 0 Å². The first-order chi connectivity index (χ1) is 7.59. The van der Waals surface area contributed by atoms with Crippen LogP contribution in [0.25, 0.3) is 11.3 Å². The van der Waals surface area contributed by atoms with Crippen LogP contribution < -0.4 is 0 Å². The molecule has 2 aromatic rings. The summed E-state index contributed by atoms with van der Waals surface area (Å²) >= 11 is 0. The average Bonchev–Trinajstić information content (AvgIpc) is 2.61. The van der Waals surface area contributed by atoms with Crippen LogP contribution in [0.2, 0.25) is 0 Å². The minimum absolute atomic E-state index is 0.237. The maximum atomic E-state index is 12.8. The van der Waals surface area contributed by atoms with E-state index in [0.717, 1.165) is 17.0 Å². The average molecular weight is 219 g/mol. The van der Waals surface area contributed by atoms with Crippen molar-refractivity contribution in [1.82, 2.24) is 15.0 Å². The summed E-state index contributed by atoms with van der Waals surface area (Å²) in [5.74, 6) is 0.0961. The van der Waals surface area contributed by atoms with Crippen molar-refractivity contribution < 1.29 is 4.39 Å². The standard InChI is InChI=1S/C12H14FN3/c1-8(2)12-11(14-15-16(12)3)9-4-6-10(13)7-5-9/h4-8H,1-3H3. The molecule has 4 heteroatoms. The van der Waals surface area contributed by atoms with Crippen molar-refractivity contribution >= 4 is 0 Å². The van der Waals surface area contributed by atoms with E-state index in [0.29, 0.717) is 5.92 Å². The molecule has 0 amide bonds. The lowest BCUT2D eigenvalue weighted by Crippen LogP contribution is -2.01. The molecule has 0 fully saturated rings. The van der Waals surface area contributed by atoms with Gasteiger partial charge in [0.05, 0.1) is 5.69 Å². The predicted octanol–water partition coefficient (Wildman–Crippen LogP) is 2.74. The molecule has 16 heavy (non-hydrogen) atoms. The summed E-state index contributed by atoms with van der Waals surface area (Å²) in [7, 11) is 1.87. The van der Waals surface area contributed by atoms with Gasteiger partial charge in [0, 0.05) is 12.6 Å². The van der Waals surface area contributed by atoms with Gasteiger partial charge in [-0.25, -0.2) is 4.39 Å². The number of hydrogen-bond acceptors (Lipinski definition) is 2. The molecule has 0 N–H and O–H groups in total. The molecule has 0 radical (unpaired) electrons. The molecule has 0 saturated carbocycles. The fourth-order valence-corrected chi connectivity index (χ4v) is 1.82. The highest BCUT2D eigenvalue weighted by atomic mass is 19.1. The fourth-order valence-electron chi connectivity index (χ4n) is 1.82. The topological polar surface area (TPSA) is 30.7 Å². The van der Waals surface area contributed by atoms with Gasteiger partial charge in [-0.15, -0.1) is 5.10 Å². The number of aromatic nitrogens is 3. The summed E-state index contributed by atoms with van der Waals surface area (Å²) in [4.78, 5) is 0. The molecule has 0 aliphatic carbocycles. The Balaban J connectivity index is 2.52. The van der Waals surface area contributed by atoms with E-state index in [9.17, 15) is 4.39 Å². The van der Waals surface area contributed by atoms with E-state index in [-0.39, 0.29) is 5.82 Å². The van der Waals surface area contributed by atoms with Gasteiger partial charge in [0.2, 0.25) is 0 Å². The first-order valence-corrected chi connectivity index (χ1v) is 5.25. The van der Waals surface area contributed by atoms with E-state index >= 15 is 0 Å². The van der Waals surface area contributed by atoms with Crippen LogP contribution in [0.4, 0.5) is 4.39 Å². The molecule has 3 nitrogen and oxygen atoms in total. The number of hydrogen-bond donors (Lipinski definition) is 0. The summed E-state index contributed by atoms with van der Waals surface area (Å²) in [6.45, 7) is 4.18. The van der Waals surface area contributed by atoms with Crippen LogP contribution in [-0.2, 0) is 7.05 Å². The van der Waals surface area contributed by atoms with Gasteiger partial charge in [-0.05, 0) is 30.2 Å². The Kier molecular flexibility index (Phi) is 2.73. The van der Waals surface area contributed by atoms with Gasteiger partial charge in [-0.1, -0.05) is 19.1 Å². The highest BCUT2D eigenvalue weighted by molar-refractivity contribution is 5.61. The quantitative estimate of drug-likeness (QED) is 0.777. The molecular formula is C12H14FN3. The molecule has 0 spiro atoms. The van der Waals surface area contributed by atoms with Crippen LogP contribution in [0.5, 0.6) is 0 Å². The van der Waals surface area contributed by atoms with Crippen molar-refractivity contribution in [3.05, 3.63) is 35.8 Å². The van der Waals surface area contributed by atoms with Gasteiger partial charge >= 0.3 is 0 Å². The SMILES string of the molecule is CC(C)c1c(-c2ccc(F)cc2)nnn1C. The number of aryl methyl sites for hydroxylation is 1. The lowest BCUT2D eigenvalue weighted by Gasteiger charge is -2.07. The van der Waals surface area contributed by atoms with E-state index in [2.05, 4.69) is 24.2 Å². The predicted molar refractivity (Wildman–Crippen MR) is 60.5 cm³/mol. The zero-order valence-electron chi connectivity index (χ0n) is 9.61. The lowest BCUT2D eigenvalue weighted by molar-refractivity contribution is 0.628. The highest BCUT2D eigenvalue weighted by Gasteiger charge is 2.15. The first-order valence-electron chi connectivity index (χ1n) is 5.25. The Bertz CT molecular complexity index is 485. The van der Waals surface area contributed by atoms with E-state index in [1.165, 1.54) is 12.1 Å². The Morgan fingerprint density at radius 3 is 2.38 bits per heavy atom. The van der Waals surface area contributed by atoms with Crippen LogP contribution in [0.1, 0.15) is 25.5 Å². The maximum absolute atomic E-state index is 12.8. The molecule has 1 aromatic carbocycles. The lowest BCUT2D eigenvalue weighted by atomic mass is 10.0. The van der Waals surface area contributed by atoms with Crippen molar-refractivity contribution in [2.45, 2.75) is 19.8 Å². The van der Waals surface area contributed by atoms with E-state index in [1.807, 2.05) is 7.05 Å². The highest BCUT2D eigenvalue weighted by Crippen LogP contribution is 2.26. The van der Waals surface area contributed by atoms with Crippen LogP contribution in [0, 0.1) is 5.82 Å². The molecule has 84 valence electrons. The fraction of sp³-hybridized carbons (Fsp3) is 0.333. The Morgan fingerprint density at radius 2 is 1.81 bits per heavy atom. The Morgan fingerprint density at radius 1 is 1.19 bits per heavy atom. The normalized spacial score (nSPS) is 11.1. The smallest absolute Gasteiger partial charge is 0.123 e. The van der Waals surface area contributed by atoms with Crippen LogP contribution >= 0.6 is 0 Å². The summed E-state index contributed by atoms with van der Waals surface area (Å²) in [6.07, 6.45) is 0. The summed E-state index contributed by atoms with van der Waals surface area (Å²) < 4.78 is 14.6. The maximum Gasteiger partial charge on any atom is 0.123 e. The molecule has 0 atom stereocenters. The zero-order valence-corrected chi connectivity index (χ0v) is 9.61. The number of rotatable bonds is 2. The van der Waals surface area contributed by atoms with Crippen molar-refractivity contribution in [3.8, 4) is 11.3 Å². The van der Waals surface area contributed by atoms with Crippen molar-refractivity contribution in [3.63, 3.8) is 0 Å². The van der Waals surface area contributed by atoms with E-state index in [1.54, 1.807) is 16.8 Å². The van der Waals surface area contributed by atoms with Crippen molar-refractivity contribution in [2.24, 2.45) is 7.05 Å². The third-order valence-corrected chi connectivity index (χ3v) is 2.53. The molecule has 0 unspecified atom stereocenters. The number of benzene rings is 1. The summed E-state index contributed by atoms with van der Waals surface area (Å²) in [5, 5.41) is 8.14. The van der Waals surface area contributed by atoms with Gasteiger partial charge < -0.3 is 0 Å². The zero-order chi connectivity index (χ0) is 11.7. The van der Waals surface area contributed by atoms with Crippen LogP contribution in [0.15, 0.2) is 24.3 Å². The first kappa shape index (κ1) is 10.8. The van der Waals surface area contributed by atoms with Crippen molar-refractivity contribution in [1.29, 1.82) is 0 Å². The molecule has 1 aromatic heterocycles. The second-order valence-electron chi connectivity index (χ2n) is 4.11. The van der Waals surface area contributed by atoms with Crippen LogP contribution in [-0.4, -0.2) is 15.0 Å². The van der Waals surface area contributed by atoms with Gasteiger partial charge in [0.1, 0.15) is 11.5 Å². The Hall–Kier alpha value is -1.71. The van der Waals surface area contributed by atoms with Crippen molar-refractivity contribution in [2.75, 3.05) is 0 Å². The monoisotopic (exact) mass is 219 g/mol. The summed E-state index contributed by atoms with van der Waals surface area (Å²) in [5.41, 5.74) is 2.79. The number of halogens is 1. The van der Waals surface area contributed by atoms with Gasteiger partial charge in [0.15, 0.2) is 0 Å². The second-order valence-corrected chi connectivity index (χ2v) is 4.11.